The lowest BCUT2D eigenvalue weighted by molar-refractivity contribution is 0.0702. The summed E-state index contributed by atoms with van der Waals surface area (Å²) in [5.41, 5.74) is 5.46. The number of aliphatic hydroxyl groups excluding tert-OH is 1. The lowest BCUT2D eigenvalue weighted by atomic mass is 10.0. The normalized spacial score (nSPS) is 11.4. The number of carboxylic acids is 1. The van der Waals surface area contributed by atoms with E-state index >= 15 is 0 Å². The third-order valence-electron chi connectivity index (χ3n) is 5.38. The summed E-state index contributed by atoms with van der Waals surface area (Å²) in [4.78, 5) is 15.9. The molecule has 0 amide bonds. The van der Waals surface area contributed by atoms with Gasteiger partial charge < -0.3 is 19.3 Å². The number of hydrogen-bond acceptors (Lipinski definition) is 4. The van der Waals surface area contributed by atoms with Crippen LogP contribution >= 0.6 is 11.3 Å². The van der Waals surface area contributed by atoms with E-state index in [-0.39, 0.29) is 6.61 Å². The fourth-order valence-electron chi connectivity index (χ4n) is 3.85. The van der Waals surface area contributed by atoms with E-state index in [9.17, 15) is 9.90 Å². The highest BCUT2D eigenvalue weighted by atomic mass is 32.1. The molecule has 0 unspecified atom stereocenters. The van der Waals surface area contributed by atoms with E-state index in [0.29, 0.717) is 4.88 Å². The largest absolute Gasteiger partial charge is 0.477 e. The molecule has 0 saturated carbocycles. The molecule has 0 saturated heterocycles. The van der Waals surface area contributed by atoms with E-state index < -0.39 is 5.97 Å². The molecule has 3 aromatic heterocycles. The van der Waals surface area contributed by atoms with Gasteiger partial charge >= 0.3 is 5.97 Å². The Kier molecular flexibility index (Phi) is 6.01. The Morgan fingerprint density at radius 3 is 2.67 bits per heavy atom. The van der Waals surface area contributed by atoms with E-state index in [4.69, 9.17) is 5.11 Å². The third kappa shape index (κ3) is 4.04. The SMILES string of the molecule is Cc1cc(-n2ccnc2)ccc1-c1cc2sc(C(=O)O)cc2n1CCCCCCO. The summed E-state index contributed by atoms with van der Waals surface area (Å²) < 4.78 is 5.22. The first-order valence-electron chi connectivity index (χ1n) is 10.1. The van der Waals surface area contributed by atoms with Crippen LogP contribution in [0.25, 0.3) is 27.2 Å². The molecule has 0 spiro atoms. The number of rotatable bonds is 9. The molecule has 0 bridgehead atoms. The van der Waals surface area contributed by atoms with Gasteiger partial charge in [0.1, 0.15) is 4.88 Å². The molecular formula is C23H25N3O3S. The van der Waals surface area contributed by atoms with Crippen LogP contribution in [0, 0.1) is 6.92 Å². The number of aliphatic hydroxyl groups is 1. The predicted octanol–water partition coefficient (Wildman–Crippen LogP) is 5.11. The molecule has 3 heterocycles. The molecule has 0 fully saturated rings. The molecule has 156 valence electrons. The van der Waals surface area contributed by atoms with Crippen LogP contribution in [0.4, 0.5) is 0 Å². The summed E-state index contributed by atoms with van der Waals surface area (Å²) in [5, 5.41) is 18.4. The molecule has 2 N–H and O–H groups in total. The van der Waals surface area contributed by atoms with Gasteiger partial charge in [0.05, 0.1) is 22.2 Å². The fourth-order valence-corrected chi connectivity index (χ4v) is 4.79. The maximum absolute atomic E-state index is 11.4. The van der Waals surface area contributed by atoms with Crippen molar-refractivity contribution in [3.63, 3.8) is 0 Å². The summed E-state index contributed by atoms with van der Waals surface area (Å²) in [6.45, 7) is 3.15. The van der Waals surface area contributed by atoms with Crippen molar-refractivity contribution >= 4 is 27.5 Å². The van der Waals surface area contributed by atoms with Crippen molar-refractivity contribution < 1.29 is 15.0 Å². The Hall–Kier alpha value is -2.90. The minimum absolute atomic E-state index is 0.230. The minimum atomic E-state index is -0.881. The van der Waals surface area contributed by atoms with Crippen molar-refractivity contribution in [1.29, 1.82) is 0 Å². The molecule has 4 aromatic rings. The molecule has 0 aliphatic rings. The van der Waals surface area contributed by atoms with Crippen LogP contribution in [0.2, 0.25) is 0 Å². The second-order valence-electron chi connectivity index (χ2n) is 7.45. The average molecular weight is 424 g/mol. The van der Waals surface area contributed by atoms with Crippen LogP contribution in [-0.2, 0) is 6.54 Å². The summed E-state index contributed by atoms with van der Waals surface area (Å²) >= 11 is 1.32. The first-order chi connectivity index (χ1) is 14.6. The van der Waals surface area contributed by atoms with Crippen LogP contribution in [-0.4, -0.2) is 36.9 Å². The van der Waals surface area contributed by atoms with E-state index in [1.165, 1.54) is 11.3 Å². The number of imidazole rings is 1. The maximum atomic E-state index is 11.4. The first kappa shape index (κ1) is 20.4. The standard InChI is InChI=1S/C23H25N3O3S/c1-16-12-17(25-10-8-24-15-25)6-7-18(16)19-13-21-20(14-22(30-21)23(28)29)26(19)9-4-2-3-5-11-27/h6-8,10,12-15,27H,2-5,9,11H2,1H3,(H,28,29). The molecule has 6 nitrogen and oxygen atoms in total. The Morgan fingerprint density at radius 1 is 1.13 bits per heavy atom. The van der Waals surface area contributed by atoms with Crippen LogP contribution in [0.3, 0.4) is 0 Å². The maximum Gasteiger partial charge on any atom is 0.345 e. The van der Waals surface area contributed by atoms with Crippen molar-refractivity contribution in [3.05, 3.63) is 59.5 Å². The predicted molar refractivity (Wildman–Crippen MR) is 120 cm³/mol. The van der Waals surface area contributed by atoms with Gasteiger partial charge in [-0.2, -0.15) is 0 Å². The van der Waals surface area contributed by atoms with Gasteiger partial charge in [0, 0.05) is 36.8 Å². The number of carbonyl (C=O) groups is 1. The van der Waals surface area contributed by atoms with Gasteiger partial charge in [-0.3, -0.25) is 0 Å². The molecule has 30 heavy (non-hydrogen) atoms. The lowest BCUT2D eigenvalue weighted by Gasteiger charge is -2.14. The molecular weight excluding hydrogens is 398 g/mol. The molecule has 1 aromatic carbocycles. The fraction of sp³-hybridized carbons (Fsp3) is 0.304. The van der Waals surface area contributed by atoms with E-state index in [2.05, 4.69) is 40.7 Å². The summed E-state index contributed by atoms with van der Waals surface area (Å²) in [6.07, 6.45) is 9.32. The number of aryl methyl sites for hydroxylation is 2. The number of benzene rings is 1. The highest BCUT2D eigenvalue weighted by Crippen LogP contribution is 2.36. The van der Waals surface area contributed by atoms with Gasteiger partial charge in [-0.25, -0.2) is 9.78 Å². The number of fused-ring (bicyclic) bond motifs is 1. The molecule has 0 aliphatic heterocycles. The van der Waals surface area contributed by atoms with Crippen molar-refractivity contribution in [2.24, 2.45) is 0 Å². The Balaban J connectivity index is 1.71. The van der Waals surface area contributed by atoms with Gasteiger partial charge in [-0.05, 0) is 49.6 Å². The van der Waals surface area contributed by atoms with Crippen molar-refractivity contribution in [3.8, 4) is 16.9 Å². The summed E-state index contributed by atoms with van der Waals surface area (Å²) in [5.74, 6) is -0.881. The summed E-state index contributed by atoms with van der Waals surface area (Å²) in [7, 11) is 0. The Bertz CT molecular complexity index is 1160. The topological polar surface area (TPSA) is 80.3 Å². The molecule has 0 radical (unpaired) electrons. The smallest absolute Gasteiger partial charge is 0.345 e. The van der Waals surface area contributed by atoms with Crippen molar-refractivity contribution in [2.45, 2.75) is 39.2 Å². The highest BCUT2D eigenvalue weighted by molar-refractivity contribution is 7.20. The van der Waals surface area contributed by atoms with Crippen LogP contribution in [0.15, 0.2) is 49.1 Å². The quantitative estimate of drug-likeness (QED) is 0.366. The lowest BCUT2D eigenvalue weighted by Crippen LogP contribution is -2.02. The molecule has 0 aliphatic carbocycles. The number of thiophene rings is 1. The van der Waals surface area contributed by atoms with Crippen molar-refractivity contribution in [1.82, 2.24) is 14.1 Å². The Labute approximate surface area is 179 Å². The zero-order valence-corrected chi connectivity index (χ0v) is 17.7. The van der Waals surface area contributed by atoms with Gasteiger partial charge in [-0.15, -0.1) is 11.3 Å². The van der Waals surface area contributed by atoms with Crippen LogP contribution < -0.4 is 0 Å². The van der Waals surface area contributed by atoms with E-state index in [1.807, 2.05) is 10.8 Å². The average Bonchev–Trinajstić information content (AvgIpc) is 3.45. The van der Waals surface area contributed by atoms with Gasteiger partial charge in [0.2, 0.25) is 0 Å². The number of aromatic carboxylic acids is 1. The zero-order valence-electron chi connectivity index (χ0n) is 16.9. The van der Waals surface area contributed by atoms with Crippen molar-refractivity contribution in [2.75, 3.05) is 6.61 Å². The minimum Gasteiger partial charge on any atom is -0.477 e. The number of carboxylic acid groups (broad SMARTS) is 1. The second-order valence-corrected chi connectivity index (χ2v) is 8.54. The van der Waals surface area contributed by atoms with E-state index in [0.717, 1.165) is 65.0 Å². The van der Waals surface area contributed by atoms with Gasteiger partial charge in [0.25, 0.3) is 0 Å². The molecule has 7 heteroatoms. The second kappa shape index (κ2) is 8.85. The highest BCUT2D eigenvalue weighted by Gasteiger charge is 2.17. The van der Waals surface area contributed by atoms with E-state index in [1.54, 1.807) is 18.6 Å². The van der Waals surface area contributed by atoms with Crippen LogP contribution in [0.5, 0.6) is 0 Å². The first-order valence-corrected chi connectivity index (χ1v) is 11.0. The van der Waals surface area contributed by atoms with Gasteiger partial charge in [-0.1, -0.05) is 18.9 Å². The number of aromatic nitrogens is 3. The summed E-state index contributed by atoms with van der Waals surface area (Å²) in [6, 6.07) is 10.3. The molecule has 4 rings (SSSR count). The number of nitrogens with zero attached hydrogens (tertiary/aromatic N) is 3. The Morgan fingerprint density at radius 2 is 1.97 bits per heavy atom. The molecule has 0 atom stereocenters. The van der Waals surface area contributed by atoms with Gasteiger partial charge in [0.15, 0.2) is 0 Å². The zero-order chi connectivity index (χ0) is 21.1. The monoisotopic (exact) mass is 423 g/mol. The number of hydrogen-bond donors (Lipinski definition) is 2. The van der Waals surface area contributed by atoms with Crippen LogP contribution in [0.1, 0.15) is 40.9 Å². The number of unbranched alkanes of at least 4 members (excludes halogenated alkanes) is 3. The third-order valence-corrected chi connectivity index (χ3v) is 6.44.